The van der Waals surface area contributed by atoms with Crippen LogP contribution in [0.15, 0.2) is 10.5 Å². The van der Waals surface area contributed by atoms with Gasteiger partial charge in [0, 0.05) is 19.4 Å². The van der Waals surface area contributed by atoms with Crippen molar-refractivity contribution in [1.82, 2.24) is 4.98 Å². The zero-order chi connectivity index (χ0) is 11.3. The second-order valence-corrected chi connectivity index (χ2v) is 3.46. The molecule has 0 aromatic carbocycles. The maximum Gasteiger partial charge on any atom is 0.223 e. The minimum atomic E-state index is -0.518. The van der Waals surface area contributed by atoms with Gasteiger partial charge in [-0.2, -0.15) is 0 Å². The van der Waals surface area contributed by atoms with Crippen molar-refractivity contribution in [2.45, 2.75) is 13.2 Å². The molecule has 1 aromatic heterocycles. The van der Waals surface area contributed by atoms with Crippen molar-refractivity contribution in [2.24, 2.45) is 5.16 Å². The van der Waals surface area contributed by atoms with Crippen molar-refractivity contribution < 1.29 is 14.4 Å². The van der Waals surface area contributed by atoms with E-state index in [2.05, 4.69) is 10.1 Å². The number of rotatable bonds is 5. The highest BCUT2D eigenvalue weighted by molar-refractivity contribution is 7.13. The molecule has 0 saturated heterocycles. The van der Waals surface area contributed by atoms with E-state index in [1.165, 1.54) is 18.4 Å². The zero-order valence-electron chi connectivity index (χ0n) is 8.34. The van der Waals surface area contributed by atoms with E-state index >= 15 is 0 Å². The quantitative estimate of drug-likeness (QED) is 0.346. The third kappa shape index (κ3) is 3.30. The Balaban J connectivity index is 2.75. The van der Waals surface area contributed by atoms with Crippen LogP contribution in [0.1, 0.15) is 12.6 Å². The van der Waals surface area contributed by atoms with Crippen LogP contribution in [0.4, 0.5) is 5.13 Å². The van der Waals surface area contributed by atoms with E-state index in [4.69, 9.17) is 15.3 Å². The number of hydrogen-bond acceptors (Lipinski definition) is 7. The van der Waals surface area contributed by atoms with E-state index in [0.29, 0.717) is 17.1 Å². The molecule has 7 heteroatoms. The molecule has 0 aliphatic rings. The summed E-state index contributed by atoms with van der Waals surface area (Å²) in [4.78, 5) is 19.5. The number of aldehydes is 1. The lowest BCUT2D eigenvalue weighted by Gasteiger charge is -2.06. The van der Waals surface area contributed by atoms with Crippen LogP contribution >= 0.6 is 11.3 Å². The van der Waals surface area contributed by atoms with Gasteiger partial charge in [0.15, 0.2) is 17.1 Å². The van der Waals surface area contributed by atoms with Crippen molar-refractivity contribution in [2.75, 3.05) is 12.8 Å². The molecule has 0 spiro atoms. The van der Waals surface area contributed by atoms with Crippen molar-refractivity contribution in [3.8, 4) is 0 Å². The Hall–Kier alpha value is -1.47. The Bertz CT molecular complexity index is 364. The molecule has 82 valence electrons. The van der Waals surface area contributed by atoms with Gasteiger partial charge >= 0.3 is 0 Å². The molecule has 0 fully saturated rings. The number of nitrogens with zero attached hydrogens (tertiary/aromatic N) is 2. The number of oxime groups is 1. The van der Waals surface area contributed by atoms with Gasteiger partial charge in [0.1, 0.15) is 5.69 Å². The predicted octanol–water partition coefficient (Wildman–Crippen LogP) is 0.637. The summed E-state index contributed by atoms with van der Waals surface area (Å²) >= 11 is 1.23. The minimum Gasteiger partial charge on any atom is -0.375 e. The van der Waals surface area contributed by atoms with Gasteiger partial charge in [0.25, 0.3) is 0 Å². The van der Waals surface area contributed by atoms with Gasteiger partial charge in [0.05, 0.1) is 0 Å². The van der Waals surface area contributed by atoms with Crippen molar-refractivity contribution in [1.29, 1.82) is 0 Å². The molecule has 1 heterocycles. The van der Waals surface area contributed by atoms with Crippen molar-refractivity contribution >= 4 is 28.5 Å². The monoisotopic (exact) mass is 229 g/mol. The number of carbonyl (C=O) groups excluding carboxylic acids is 1. The number of methoxy groups -OCH3 is 1. The largest absolute Gasteiger partial charge is 0.375 e. The Morgan fingerprint density at radius 1 is 1.80 bits per heavy atom. The van der Waals surface area contributed by atoms with E-state index in [9.17, 15) is 4.79 Å². The molecule has 2 N–H and O–H groups in total. The first-order chi connectivity index (χ1) is 7.17. The molecule has 0 aliphatic heterocycles. The lowest BCUT2D eigenvalue weighted by atomic mass is 10.3. The molecular weight excluding hydrogens is 218 g/mol. The van der Waals surface area contributed by atoms with Gasteiger partial charge in [-0.05, 0) is 0 Å². The Morgan fingerprint density at radius 3 is 3.00 bits per heavy atom. The summed E-state index contributed by atoms with van der Waals surface area (Å²) < 4.78 is 4.80. The van der Waals surface area contributed by atoms with Gasteiger partial charge in [0.2, 0.25) is 6.29 Å². The van der Waals surface area contributed by atoms with Crippen molar-refractivity contribution in [3.63, 3.8) is 0 Å². The minimum absolute atomic E-state index is 0.0897. The molecule has 0 amide bonds. The van der Waals surface area contributed by atoms with Gasteiger partial charge in [-0.3, -0.25) is 4.79 Å². The highest BCUT2D eigenvalue weighted by Gasteiger charge is 2.08. The SMILES string of the molecule is COC(C)O/N=C(\C=O)c1csc(N)n1. The molecule has 0 aliphatic carbocycles. The van der Waals surface area contributed by atoms with Gasteiger partial charge in [-0.15, -0.1) is 11.3 Å². The first-order valence-corrected chi connectivity index (χ1v) is 4.98. The van der Waals surface area contributed by atoms with Crippen LogP contribution in [0, 0.1) is 0 Å². The normalized spacial score (nSPS) is 13.6. The van der Waals surface area contributed by atoms with Gasteiger partial charge in [-0.25, -0.2) is 4.98 Å². The third-order valence-electron chi connectivity index (χ3n) is 1.53. The molecule has 1 atom stereocenters. The van der Waals surface area contributed by atoms with Crippen LogP contribution in [0.2, 0.25) is 0 Å². The number of anilines is 1. The summed E-state index contributed by atoms with van der Waals surface area (Å²) in [5.74, 6) is 0. The molecule has 6 nitrogen and oxygen atoms in total. The zero-order valence-corrected chi connectivity index (χ0v) is 9.15. The lowest BCUT2D eigenvalue weighted by Crippen LogP contribution is -2.10. The second kappa shape index (κ2) is 5.42. The van der Waals surface area contributed by atoms with E-state index in [1.807, 2.05) is 0 Å². The molecule has 15 heavy (non-hydrogen) atoms. The number of nitrogen functional groups attached to an aromatic ring is 1. The lowest BCUT2D eigenvalue weighted by molar-refractivity contribution is -0.112. The summed E-state index contributed by atoms with van der Waals surface area (Å²) in [6.45, 7) is 1.65. The maximum atomic E-state index is 10.7. The average Bonchev–Trinajstić information content (AvgIpc) is 2.65. The third-order valence-corrected chi connectivity index (χ3v) is 2.20. The fraction of sp³-hybridized carbons (Fsp3) is 0.375. The Kier molecular flexibility index (Phi) is 4.19. The summed E-state index contributed by atoms with van der Waals surface area (Å²) in [5.41, 5.74) is 5.91. The maximum absolute atomic E-state index is 10.7. The molecule has 1 rings (SSSR count). The van der Waals surface area contributed by atoms with Crippen molar-refractivity contribution in [3.05, 3.63) is 11.1 Å². The summed E-state index contributed by atoms with van der Waals surface area (Å²) in [5, 5.41) is 5.61. The first-order valence-electron chi connectivity index (χ1n) is 4.10. The highest BCUT2D eigenvalue weighted by Crippen LogP contribution is 2.11. The smallest absolute Gasteiger partial charge is 0.223 e. The highest BCUT2D eigenvalue weighted by atomic mass is 32.1. The Labute approximate surface area is 90.7 Å². The Morgan fingerprint density at radius 2 is 2.53 bits per heavy atom. The average molecular weight is 229 g/mol. The van der Waals surface area contributed by atoms with Crippen LogP contribution in [-0.4, -0.2) is 30.4 Å². The standard InChI is InChI=1S/C8H11N3O3S/c1-5(13-2)14-11-6(3-12)7-4-15-8(9)10-7/h3-5H,1-2H3,(H2,9,10)/b11-6+. The molecule has 0 saturated carbocycles. The number of nitrogens with two attached hydrogens (primary N) is 1. The molecular formula is C8H11N3O3S. The van der Waals surface area contributed by atoms with Gasteiger partial charge in [-0.1, -0.05) is 5.16 Å². The molecule has 0 bridgehead atoms. The van der Waals surface area contributed by atoms with Crippen LogP contribution in [0.25, 0.3) is 0 Å². The topological polar surface area (TPSA) is 86.8 Å². The summed E-state index contributed by atoms with van der Waals surface area (Å²) in [6, 6.07) is 0. The van der Waals surface area contributed by atoms with E-state index in [-0.39, 0.29) is 5.71 Å². The van der Waals surface area contributed by atoms with Crippen LogP contribution in [0.5, 0.6) is 0 Å². The fourth-order valence-electron chi connectivity index (χ4n) is 0.708. The van der Waals surface area contributed by atoms with E-state index in [0.717, 1.165) is 0 Å². The van der Waals surface area contributed by atoms with Gasteiger partial charge < -0.3 is 15.3 Å². The van der Waals surface area contributed by atoms with E-state index in [1.54, 1.807) is 12.3 Å². The molecule has 1 aromatic rings. The van der Waals surface area contributed by atoms with Crippen LogP contribution in [0.3, 0.4) is 0 Å². The fourth-order valence-corrected chi connectivity index (χ4v) is 1.26. The second-order valence-electron chi connectivity index (χ2n) is 2.57. The molecule has 0 radical (unpaired) electrons. The predicted molar refractivity (Wildman–Crippen MR) is 56.7 cm³/mol. The molecule has 1 unspecified atom stereocenters. The van der Waals surface area contributed by atoms with E-state index < -0.39 is 6.29 Å². The number of thiazole rings is 1. The first kappa shape index (κ1) is 11.6. The van der Waals surface area contributed by atoms with Crippen LogP contribution < -0.4 is 5.73 Å². The number of aromatic nitrogens is 1. The summed E-state index contributed by atoms with van der Waals surface area (Å²) in [7, 11) is 1.47. The van der Waals surface area contributed by atoms with Crippen LogP contribution in [-0.2, 0) is 14.4 Å². The number of carbonyl (C=O) groups is 1. The summed E-state index contributed by atoms with van der Waals surface area (Å²) in [6.07, 6.45) is 0.0348. The number of hydrogen-bond donors (Lipinski definition) is 1. The number of ether oxygens (including phenoxy) is 1.